The van der Waals surface area contributed by atoms with E-state index in [1.54, 1.807) is 14.2 Å². The smallest absolute Gasteiger partial charge is 0.224 e. The van der Waals surface area contributed by atoms with Crippen LogP contribution in [0.3, 0.4) is 0 Å². The lowest BCUT2D eigenvalue weighted by Gasteiger charge is -2.35. The standard InChI is InChI=1S/C22H27BrN2O4/c1-27-20-8-5-17(14-21(20)28-2)19(25-9-11-29-12-10-25)15-24-22(26)13-16-3-6-18(23)7-4-16/h3-8,14,19H,9-13,15H2,1-2H3,(H,24,26). The summed E-state index contributed by atoms with van der Waals surface area (Å²) >= 11 is 3.42. The summed E-state index contributed by atoms with van der Waals surface area (Å²) in [6.07, 6.45) is 0.356. The van der Waals surface area contributed by atoms with Crippen molar-refractivity contribution >= 4 is 21.8 Å². The van der Waals surface area contributed by atoms with E-state index >= 15 is 0 Å². The third-order valence-electron chi connectivity index (χ3n) is 5.05. The topological polar surface area (TPSA) is 60.0 Å². The largest absolute Gasteiger partial charge is 0.493 e. The second-order valence-electron chi connectivity index (χ2n) is 6.89. The summed E-state index contributed by atoms with van der Waals surface area (Å²) in [5.74, 6) is 1.38. The number of halogens is 1. The van der Waals surface area contributed by atoms with Crippen LogP contribution in [0.4, 0.5) is 0 Å². The van der Waals surface area contributed by atoms with E-state index in [1.807, 2.05) is 42.5 Å². The van der Waals surface area contributed by atoms with Gasteiger partial charge in [-0.1, -0.05) is 34.1 Å². The Bertz CT molecular complexity index is 807. The molecule has 1 aliphatic heterocycles. The van der Waals surface area contributed by atoms with Crippen LogP contribution in [-0.2, 0) is 16.0 Å². The second kappa shape index (κ2) is 10.6. The van der Waals surface area contributed by atoms with Gasteiger partial charge in [0.2, 0.25) is 5.91 Å². The molecular weight excluding hydrogens is 436 g/mol. The highest BCUT2D eigenvalue weighted by Gasteiger charge is 2.24. The van der Waals surface area contributed by atoms with Crippen LogP contribution in [0.15, 0.2) is 46.9 Å². The van der Waals surface area contributed by atoms with Gasteiger partial charge in [0.25, 0.3) is 0 Å². The molecule has 6 nitrogen and oxygen atoms in total. The zero-order valence-corrected chi connectivity index (χ0v) is 18.4. The number of morpholine rings is 1. The molecule has 29 heavy (non-hydrogen) atoms. The Morgan fingerprint density at radius 1 is 1.10 bits per heavy atom. The van der Waals surface area contributed by atoms with Crippen molar-refractivity contribution in [3.8, 4) is 11.5 Å². The van der Waals surface area contributed by atoms with Gasteiger partial charge >= 0.3 is 0 Å². The number of rotatable bonds is 8. The van der Waals surface area contributed by atoms with Crippen molar-refractivity contribution in [3.05, 3.63) is 58.1 Å². The van der Waals surface area contributed by atoms with Crippen molar-refractivity contribution in [2.24, 2.45) is 0 Å². The van der Waals surface area contributed by atoms with Crippen molar-refractivity contribution in [2.75, 3.05) is 47.1 Å². The maximum atomic E-state index is 12.5. The minimum atomic E-state index is 0.00561. The first-order valence-electron chi connectivity index (χ1n) is 9.65. The van der Waals surface area contributed by atoms with Gasteiger partial charge in [0.1, 0.15) is 0 Å². The van der Waals surface area contributed by atoms with Gasteiger partial charge < -0.3 is 19.5 Å². The Balaban J connectivity index is 1.71. The summed E-state index contributed by atoms with van der Waals surface area (Å²) in [4.78, 5) is 14.9. The Hall–Kier alpha value is -2.09. The maximum Gasteiger partial charge on any atom is 0.224 e. The van der Waals surface area contributed by atoms with Crippen LogP contribution in [0.2, 0.25) is 0 Å². The lowest BCUT2D eigenvalue weighted by atomic mass is 10.0. The number of methoxy groups -OCH3 is 2. The molecule has 2 aromatic rings. The Labute approximate surface area is 180 Å². The van der Waals surface area contributed by atoms with Gasteiger partial charge in [-0.25, -0.2) is 0 Å². The molecule has 1 N–H and O–H groups in total. The predicted octanol–water partition coefficient (Wildman–Crippen LogP) is 3.20. The molecule has 1 amide bonds. The first-order valence-corrected chi connectivity index (χ1v) is 10.4. The highest BCUT2D eigenvalue weighted by Crippen LogP contribution is 2.32. The number of ether oxygens (including phenoxy) is 3. The fraction of sp³-hybridized carbons (Fsp3) is 0.409. The molecular formula is C22H27BrN2O4. The molecule has 1 unspecified atom stereocenters. The molecule has 156 valence electrons. The number of carbonyl (C=O) groups excluding carboxylic acids is 1. The number of hydrogen-bond donors (Lipinski definition) is 1. The van der Waals surface area contributed by atoms with Gasteiger partial charge in [-0.2, -0.15) is 0 Å². The van der Waals surface area contributed by atoms with Gasteiger partial charge in [0.05, 0.1) is 39.9 Å². The number of carbonyl (C=O) groups is 1. The van der Waals surface area contributed by atoms with Gasteiger partial charge in [0.15, 0.2) is 11.5 Å². The summed E-state index contributed by atoms with van der Waals surface area (Å²) in [6.45, 7) is 3.54. The summed E-state index contributed by atoms with van der Waals surface area (Å²) in [7, 11) is 3.25. The number of benzene rings is 2. The predicted molar refractivity (Wildman–Crippen MR) is 116 cm³/mol. The SMILES string of the molecule is COc1ccc(C(CNC(=O)Cc2ccc(Br)cc2)N2CCOCC2)cc1OC. The van der Waals surface area contributed by atoms with E-state index in [2.05, 4.69) is 26.1 Å². The molecule has 2 aromatic carbocycles. The van der Waals surface area contributed by atoms with Crippen LogP contribution in [0.5, 0.6) is 11.5 Å². The summed E-state index contributed by atoms with van der Waals surface area (Å²) < 4.78 is 17.3. The Morgan fingerprint density at radius 2 is 1.79 bits per heavy atom. The summed E-state index contributed by atoms with van der Waals surface area (Å²) in [5.41, 5.74) is 2.06. The number of nitrogens with zero attached hydrogens (tertiary/aromatic N) is 1. The van der Waals surface area contributed by atoms with Gasteiger partial charge in [-0.3, -0.25) is 9.69 Å². The van der Waals surface area contributed by atoms with Crippen molar-refractivity contribution in [1.82, 2.24) is 10.2 Å². The van der Waals surface area contributed by atoms with Crippen molar-refractivity contribution in [3.63, 3.8) is 0 Å². The minimum absolute atomic E-state index is 0.00561. The zero-order valence-electron chi connectivity index (χ0n) is 16.8. The maximum absolute atomic E-state index is 12.5. The molecule has 1 aliphatic rings. The summed E-state index contributed by atoms with van der Waals surface area (Å²) in [6, 6.07) is 13.8. The van der Waals surface area contributed by atoms with E-state index in [9.17, 15) is 4.79 Å². The van der Waals surface area contributed by atoms with Gasteiger partial charge in [-0.05, 0) is 35.4 Å². The Morgan fingerprint density at radius 3 is 2.45 bits per heavy atom. The van der Waals surface area contributed by atoms with E-state index in [1.165, 1.54) is 0 Å². The number of hydrogen-bond acceptors (Lipinski definition) is 5. The second-order valence-corrected chi connectivity index (χ2v) is 7.80. The van der Waals surface area contributed by atoms with Crippen LogP contribution < -0.4 is 14.8 Å². The van der Waals surface area contributed by atoms with E-state index in [4.69, 9.17) is 14.2 Å². The average Bonchev–Trinajstić information content (AvgIpc) is 2.76. The molecule has 0 aliphatic carbocycles. The van der Waals surface area contributed by atoms with E-state index in [0.717, 1.165) is 28.7 Å². The average molecular weight is 463 g/mol. The van der Waals surface area contributed by atoms with Crippen LogP contribution in [0, 0.1) is 0 Å². The number of amides is 1. The molecule has 1 heterocycles. The third-order valence-corrected chi connectivity index (χ3v) is 5.58. The van der Waals surface area contributed by atoms with E-state index < -0.39 is 0 Å². The Kier molecular flexibility index (Phi) is 7.91. The van der Waals surface area contributed by atoms with Gasteiger partial charge in [-0.15, -0.1) is 0 Å². The fourth-order valence-corrected chi connectivity index (χ4v) is 3.73. The molecule has 3 rings (SSSR count). The molecule has 7 heteroatoms. The molecule has 1 atom stereocenters. The minimum Gasteiger partial charge on any atom is -0.493 e. The molecule has 0 radical (unpaired) electrons. The lowest BCUT2D eigenvalue weighted by molar-refractivity contribution is -0.120. The van der Waals surface area contributed by atoms with Crippen LogP contribution in [0.1, 0.15) is 17.2 Å². The molecule has 0 aromatic heterocycles. The molecule has 0 saturated carbocycles. The van der Waals surface area contributed by atoms with Crippen LogP contribution in [0.25, 0.3) is 0 Å². The normalized spacial score (nSPS) is 15.6. The molecule has 1 saturated heterocycles. The van der Waals surface area contributed by atoms with Crippen molar-refractivity contribution < 1.29 is 19.0 Å². The molecule has 0 bridgehead atoms. The van der Waals surface area contributed by atoms with Crippen LogP contribution >= 0.6 is 15.9 Å². The van der Waals surface area contributed by atoms with E-state index in [-0.39, 0.29) is 11.9 Å². The summed E-state index contributed by atoms with van der Waals surface area (Å²) in [5, 5.41) is 3.10. The van der Waals surface area contributed by atoms with Crippen molar-refractivity contribution in [1.29, 1.82) is 0 Å². The number of nitrogens with one attached hydrogen (secondary N) is 1. The highest BCUT2D eigenvalue weighted by molar-refractivity contribution is 9.10. The first kappa shape index (κ1) is 21.6. The third kappa shape index (κ3) is 5.95. The molecule has 0 spiro atoms. The van der Waals surface area contributed by atoms with Crippen LogP contribution in [-0.4, -0.2) is 57.9 Å². The highest BCUT2D eigenvalue weighted by atomic mass is 79.9. The zero-order chi connectivity index (χ0) is 20.6. The first-order chi connectivity index (χ1) is 14.1. The lowest BCUT2D eigenvalue weighted by Crippen LogP contribution is -2.44. The molecule has 1 fully saturated rings. The van der Waals surface area contributed by atoms with Gasteiger partial charge in [0, 0.05) is 24.1 Å². The monoisotopic (exact) mass is 462 g/mol. The fourth-order valence-electron chi connectivity index (χ4n) is 3.47. The van der Waals surface area contributed by atoms with Crippen molar-refractivity contribution in [2.45, 2.75) is 12.5 Å². The van der Waals surface area contributed by atoms with E-state index in [0.29, 0.717) is 37.7 Å². The quantitative estimate of drug-likeness (QED) is 0.652.